The number of pyridine rings is 1. The van der Waals surface area contributed by atoms with Gasteiger partial charge in [0.25, 0.3) is 0 Å². The molecule has 0 saturated heterocycles. The van der Waals surface area contributed by atoms with Gasteiger partial charge in [0.1, 0.15) is 11.9 Å². The first kappa shape index (κ1) is 23.0. The number of nitriles is 1. The number of amidine groups is 1. The van der Waals surface area contributed by atoms with Crippen molar-refractivity contribution in [2.24, 2.45) is 10.9 Å². The number of nitrogens with zero attached hydrogens (tertiary/aromatic N) is 4. The normalized spacial score (nSPS) is 16.4. The molecule has 0 radical (unpaired) electrons. The highest BCUT2D eigenvalue weighted by Crippen LogP contribution is 2.29. The van der Waals surface area contributed by atoms with E-state index in [0.29, 0.717) is 18.0 Å². The molecule has 0 fully saturated rings. The van der Waals surface area contributed by atoms with Crippen LogP contribution in [0.25, 0.3) is 5.70 Å². The molecule has 5 heteroatoms. The summed E-state index contributed by atoms with van der Waals surface area (Å²) in [5, 5.41) is 12.7. The highest BCUT2D eigenvalue weighted by atomic mass is 15.2. The Morgan fingerprint density at radius 1 is 1.31 bits per heavy atom. The van der Waals surface area contributed by atoms with Crippen LogP contribution >= 0.6 is 0 Å². The van der Waals surface area contributed by atoms with Gasteiger partial charge in [-0.25, -0.2) is 0 Å². The van der Waals surface area contributed by atoms with E-state index in [9.17, 15) is 5.26 Å². The van der Waals surface area contributed by atoms with E-state index in [2.05, 4.69) is 85.9 Å². The van der Waals surface area contributed by atoms with Crippen molar-refractivity contribution in [3.8, 4) is 6.07 Å². The first-order chi connectivity index (χ1) is 15.5. The van der Waals surface area contributed by atoms with E-state index < -0.39 is 0 Å². The third-order valence-electron chi connectivity index (χ3n) is 5.74. The predicted molar refractivity (Wildman–Crippen MR) is 131 cm³/mol. The van der Waals surface area contributed by atoms with Crippen LogP contribution in [0.3, 0.4) is 0 Å². The molecule has 0 spiro atoms. The van der Waals surface area contributed by atoms with Crippen LogP contribution in [0.4, 0.5) is 0 Å². The molecule has 32 heavy (non-hydrogen) atoms. The molecule has 1 aromatic heterocycles. The second kappa shape index (κ2) is 10.6. The van der Waals surface area contributed by atoms with Gasteiger partial charge in [0.2, 0.25) is 0 Å². The number of aryl methyl sites for hydroxylation is 1. The molecule has 2 heterocycles. The van der Waals surface area contributed by atoms with E-state index in [-0.39, 0.29) is 0 Å². The second-order valence-corrected chi connectivity index (χ2v) is 8.05. The summed E-state index contributed by atoms with van der Waals surface area (Å²) in [6.45, 7) is 13.5. The molecule has 1 N–H and O–H groups in total. The van der Waals surface area contributed by atoms with Gasteiger partial charge in [0, 0.05) is 36.4 Å². The summed E-state index contributed by atoms with van der Waals surface area (Å²) in [6, 6.07) is 12.6. The minimum absolute atomic E-state index is 0.365. The highest BCUT2D eigenvalue weighted by molar-refractivity contribution is 6.04. The van der Waals surface area contributed by atoms with Gasteiger partial charge in [-0.05, 0) is 44.2 Å². The molecule has 1 atom stereocenters. The summed E-state index contributed by atoms with van der Waals surface area (Å²) >= 11 is 0. The van der Waals surface area contributed by atoms with Crippen molar-refractivity contribution in [3.05, 3.63) is 95.2 Å². The van der Waals surface area contributed by atoms with Crippen molar-refractivity contribution in [2.45, 2.75) is 40.5 Å². The van der Waals surface area contributed by atoms with Gasteiger partial charge in [-0.15, -0.1) is 0 Å². The first-order valence-corrected chi connectivity index (χ1v) is 11.1. The Balaban J connectivity index is 1.94. The molecule has 1 aliphatic heterocycles. The SMILES string of the molecule is C=C1C(=NCCc2ccc(C)cc2)NC(c2cncc(C#N)c2)=CN1/C(=C\C)C(C)CC. The smallest absolute Gasteiger partial charge is 0.149 e. The lowest BCUT2D eigenvalue weighted by molar-refractivity contribution is 0.474. The maximum atomic E-state index is 9.29. The predicted octanol–water partition coefficient (Wildman–Crippen LogP) is 5.57. The molecular weight excluding hydrogens is 394 g/mol. The number of nitrogens with one attached hydrogen (secondary N) is 1. The molecule has 3 rings (SSSR count). The van der Waals surface area contributed by atoms with Gasteiger partial charge in [0.15, 0.2) is 0 Å². The third kappa shape index (κ3) is 5.33. The summed E-state index contributed by atoms with van der Waals surface area (Å²) in [6.07, 6.45) is 9.36. The largest absolute Gasteiger partial charge is 0.337 e. The van der Waals surface area contributed by atoms with Crippen molar-refractivity contribution in [1.82, 2.24) is 15.2 Å². The Kier molecular flexibility index (Phi) is 7.62. The number of allylic oxidation sites excluding steroid dienone is 2. The maximum Gasteiger partial charge on any atom is 0.149 e. The number of hydrogen-bond donors (Lipinski definition) is 1. The van der Waals surface area contributed by atoms with E-state index in [1.54, 1.807) is 12.4 Å². The van der Waals surface area contributed by atoms with Crippen molar-refractivity contribution in [3.63, 3.8) is 0 Å². The molecule has 2 aromatic rings. The van der Waals surface area contributed by atoms with Gasteiger partial charge >= 0.3 is 0 Å². The van der Waals surface area contributed by atoms with Crippen LogP contribution < -0.4 is 5.32 Å². The Labute approximate surface area is 191 Å². The average Bonchev–Trinajstić information content (AvgIpc) is 2.82. The van der Waals surface area contributed by atoms with Crippen LogP contribution in [-0.4, -0.2) is 22.3 Å². The minimum atomic E-state index is 0.365. The number of aliphatic imine (C=N–C) groups is 1. The van der Waals surface area contributed by atoms with Crippen molar-refractivity contribution in [1.29, 1.82) is 5.26 Å². The summed E-state index contributed by atoms with van der Waals surface area (Å²) in [5.41, 5.74) is 6.71. The Hall–Kier alpha value is -3.65. The highest BCUT2D eigenvalue weighted by Gasteiger charge is 2.25. The van der Waals surface area contributed by atoms with Gasteiger partial charge in [0.05, 0.1) is 17.0 Å². The van der Waals surface area contributed by atoms with Gasteiger partial charge in [-0.1, -0.05) is 56.3 Å². The standard InChI is InChI=1S/C27H31N5/c1-6-20(4)26(7-2)32-18-25(24-14-23(15-28)16-29-17-24)31-27(21(32)5)30-13-12-22-10-8-19(3)9-11-22/h7-11,14,16-18,20H,5-6,12-13H2,1-4H3,(H,30,31)/b26-7-. The third-order valence-corrected chi connectivity index (χ3v) is 5.74. The Bertz CT molecular complexity index is 1100. The zero-order valence-corrected chi connectivity index (χ0v) is 19.4. The van der Waals surface area contributed by atoms with E-state index in [4.69, 9.17) is 4.99 Å². The van der Waals surface area contributed by atoms with Crippen LogP contribution in [0, 0.1) is 24.2 Å². The Morgan fingerprint density at radius 3 is 2.72 bits per heavy atom. The van der Waals surface area contributed by atoms with E-state index in [1.165, 1.54) is 16.8 Å². The van der Waals surface area contributed by atoms with Crippen molar-refractivity contribution in [2.75, 3.05) is 6.54 Å². The number of aromatic nitrogens is 1. The van der Waals surface area contributed by atoms with Crippen LogP contribution in [0.5, 0.6) is 0 Å². The van der Waals surface area contributed by atoms with Crippen molar-refractivity contribution >= 4 is 11.5 Å². The quantitative estimate of drug-likeness (QED) is 0.630. The molecular formula is C27H31N5. The topological polar surface area (TPSA) is 64.3 Å². The monoisotopic (exact) mass is 425 g/mol. The Morgan fingerprint density at radius 2 is 2.06 bits per heavy atom. The lowest BCUT2D eigenvalue weighted by atomic mass is 10.0. The zero-order chi connectivity index (χ0) is 23.1. The summed E-state index contributed by atoms with van der Waals surface area (Å²) in [5.74, 6) is 1.10. The molecule has 0 amide bonds. The van der Waals surface area contributed by atoms with Gasteiger partial charge in [-0.2, -0.15) is 5.26 Å². The molecule has 1 aliphatic rings. The van der Waals surface area contributed by atoms with E-state index in [0.717, 1.165) is 35.6 Å². The molecule has 0 bridgehead atoms. The number of benzene rings is 1. The molecule has 1 unspecified atom stereocenters. The van der Waals surface area contributed by atoms with E-state index in [1.807, 2.05) is 12.3 Å². The van der Waals surface area contributed by atoms with Crippen LogP contribution in [0.2, 0.25) is 0 Å². The van der Waals surface area contributed by atoms with Crippen LogP contribution in [0.1, 0.15) is 49.4 Å². The lowest BCUT2D eigenvalue weighted by Gasteiger charge is -2.35. The van der Waals surface area contributed by atoms with Crippen molar-refractivity contribution < 1.29 is 0 Å². The zero-order valence-electron chi connectivity index (χ0n) is 19.4. The minimum Gasteiger partial charge on any atom is -0.337 e. The molecule has 5 nitrogen and oxygen atoms in total. The average molecular weight is 426 g/mol. The van der Waals surface area contributed by atoms with E-state index >= 15 is 0 Å². The number of rotatable bonds is 7. The fourth-order valence-corrected chi connectivity index (χ4v) is 3.63. The summed E-state index contributed by atoms with van der Waals surface area (Å²) < 4.78 is 0. The lowest BCUT2D eigenvalue weighted by Crippen LogP contribution is -2.38. The van der Waals surface area contributed by atoms with Gasteiger partial charge in [-0.3, -0.25) is 9.98 Å². The summed E-state index contributed by atoms with van der Waals surface area (Å²) in [7, 11) is 0. The fourth-order valence-electron chi connectivity index (χ4n) is 3.63. The summed E-state index contributed by atoms with van der Waals surface area (Å²) in [4.78, 5) is 11.2. The number of hydrogen-bond acceptors (Lipinski definition) is 4. The maximum absolute atomic E-state index is 9.29. The second-order valence-electron chi connectivity index (χ2n) is 8.05. The molecule has 0 saturated carbocycles. The molecule has 1 aromatic carbocycles. The van der Waals surface area contributed by atoms with Gasteiger partial charge < -0.3 is 10.2 Å². The van der Waals surface area contributed by atoms with Crippen LogP contribution in [0.15, 0.2) is 78.0 Å². The van der Waals surface area contributed by atoms with Crippen LogP contribution in [-0.2, 0) is 6.42 Å². The molecule has 164 valence electrons. The molecule has 0 aliphatic carbocycles. The first-order valence-electron chi connectivity index (χ1n) is 11.1. The fraction of sp³-hybridized carbons (Fsp3) is 0.296.